The summed E-state index contributed by atoms with van der Waals surface area (Å²) in [6.07, 6.45) is 3.14. The molecule has 2 aliphatic rings. The first-order chi connectivity index (χ1) is 6.96. The van der Waals surface area contributed by atoms with Crippen LogP contribution in [0.5, 0.6) is 0 Å². The molecule has 88 valence electrons. The lowest BCUT2D eigenvalue weighted by Crippen LogP contribution is -2.46. The summed E-state index contributed by atoms with van der Waals surface area (Å²) in [6.45, 7) is 8.49. The van der Waals surface area contributed by atoms with E-state index in [1.165, 1.54) is 0 Å². The van der Waals surface area contributed by atoms with Crippen molar-refractivity contribution in [2.24, 2.45) is 0 Å². The number of hydrogen-bond acceptors (Lipinski definition) is 3. The second-order valence-electron chi connectivity index (χ2n) is 5.84. The highest BCUT2D eigenvalue weighted by molar-refractivity contribution is 4.94. The number of fused-ring (bicyclic) bond motifs is 1. The van der Waals surface area contributed by atoms with Crippen LogP contribution in [0.3, 0.4) is 0 Å². The van der Waals surface area contributed by atoms with Crippen LogP contribution in [-0.4, -0.2) is 46.9 Å². The first kappa shape index (κ1) is 11.4. The van der Waals surface area contributed by atoms with Crippen LogP contribution in [0.4, 0.5) is 0 Å². The molecule has 2 rings (SSSR count). The van der Waals surface area contributed by atoms with Gasteiger partial charge in [0.25, 0.3) is 0 Å². The summed E-state index contributed by atoms with van der Waals surface area (Å²) >= 11 is 0. The van der Waals surface area contributed by atoms with E-state index in [0.717, 1.165) is 32.4 Å². The van der Waals surface area contributed by atoms with Crippen molar-refractivity contribution < 1.29 is 9.84 Å². The number of ether oxygens (including phenoxy) is 1. The summed E-state index contributed by atoms with van der Waals surface area (Å²) in [5.41, 5.74) is -0.0664. The summed E-state index contributed by atoms with van der Waals surface area (Å²) in [6, 6.07) is 0.452. The molecule has 0 aromatic carbocycles. The minimum absolute atomic E-state index is 0.0664. The van der Waals surface area contributed by atoms with Crippen LogP contribution in [-0.2, 0) is 4.74 Å². The summed E-state index contributed by atoms with van der Waals surface area (Å²) in [4.78, 5) is 2.48. The lowest BCUT2D eigenvalue weighted by atomic mass is 9.98. The number of aliphatic hydroxyl groups excluding tert-OH is 1. The number of nitrogens with zero attached hydrogens (tertiary/aromatic N) is 1. The van der Waals surface area contributed by atoms with Gasteiger partial charge in [-0.1, -0.05) is 0 Å². The Morgan fingerprint density at radius 1 is 1.20 bits per heavy atom. The molecule has 3 atom stereocenters. The molecule has 2 aliphatic heterocycles. The fourth-order valence-corrected chi connectivity index (χ4v) is 2.77. The second-order valence-corrected chi connectivity index (χ2v) is 5.84. The van der Waals surface area contributed by atoms with Crippen LogP contribution in [0.2, 0.25) is 0 Å². The molecular formula is C12H23NO2. The quantitative estimate of drug-likeness (QED) is 0.714. The van der Waals surface area contributed by atoms with Crippen molar-refractivity contribution in [3.63, 3.8) is 0 Å². The van der Waals surface area contributed by atoms with Crippen molar-refractivity contribution in [2.45, 2.75) is 63.9 Å². The van der Waals surface area contributed by atoms with Gasteiger partial charge in [-0.05, 0) is 40.0 Å². The highest BCUT2D eigenvalue weighted by Crippen LogP contribution is 2.31. The van der Waals surface area contributed by atoms with Gasteiger partial charge >= 0.3 is 0 Å². The SMILES string of the molecule is CC(C)(C)O[C@H]1CCN2CC[C@H](O)C[C@H]12. The maximum atomic E-state index is 9.69. The molecular weight excluding hydrogens is 190 g/mol. The van der Waals surface area contributed by atoms with Crippen LogP contribution in [0.25, 0.3) is 0 Å². The highest BCUT2D eigenvalue weighted by atomic mass is 16.5. The number of piperidine rings is 1. The molecule has 1 N–H and O–H groups in total. The standard InChI is InChI=1S/C12H23NO2/c1-12(2,3)15-11-5-7-13-6-4-9(14)8-10(11)13/h9-11,14H,4-8H2,1-3H3/t9-,10+,11-/m0/s1. The lowest BCUT2D eigenvalue weighted by molar-refractivity contribution is -0.0855. The first-order valence-electron chi connectivity index (χ1n) is 6.06. The number of hydrogen-bond donors (Lipinski definition) is 1. The third-order valence-electron chi connectivity index (χ3n) is 3.37. The minimum atomic E-state index is -0.115. The molecule has 0 radical (unpaired) electrons. The molecule has 0 unspecified atom stereocenters. The summed E-state index contributed by atoms with van der Waals surface area (Å²) in [5.74, 6) is 0. The average Bonchev–Trinajstić information content (AvgIpc) is 2.46. The Hall–Kier alpha value is -0.120. The minimum Gasteiger partial charge on any atom is -0.393 e. The monoisotopic (exact) mass is 213 g/mol. The van der Waals surface area contributed by atoms with E-state index in [-0.39, 0.29) is 11.7 Å². The van der Waals surface area contributed by atoms with E-state index >= 15 is 0 Å². The van der Waals surface area contributed by atoms with Gasteiger partial charge < -0.3 is 9.84 Å². The van der Waals surface area contributed by atoms with Gasteiger partial charge in [-0.25, -0.2) is 0 Å². The van der Waals surface area contributed by atoms with Gasteiger partial charge in [0, 0.05) is 19.1 Å². The Morgan fingerprint density at radius 2 is 1.87 bits per heavy atom. The largest absolute Gasteiger partial charge is 0.393 e. The zero-order chi connectivity index (χ0) is 11.1. The first-order valence-corrected chi connectivity index (χ1v) is 6.06. The molecule has 2 saturated heterocycles. The van der Waals surface area contributed by atoms with E-state index in [9.17, 15) is 5.11 Å². The van der Waals surface area contributed by atoms with Gasteiger partial charge in [-0.3, -0.25) is 4.90 Å². The molecule has 2 heterocycles. The smallest absolute Gasteiger partial charge is 0.0750 e. The molecule has 2 fully saturated rings. The molecule has 0 amide bonds. The Bertz CT molecular complexity index is 224. The van der Waals surface area contributed by atoms with Crippen LogP contribution in [0.1, 0.15) is 40.0 Å². The Morgan fingerprint density at radius 3 is 2.53 bits per heavy atom. The van der Waals surface area contributed by atoms with Crippen LogP contribution in [0.15, 0.2) is 0 Å². The Labute approximate surface area is 92.4 Å². The zero-order valence-electron chi connectivity index (χ0n) is 10.1. The molecule has 3 nitrogen and oxygen atoms in total. The maximum Gasteiger partial charge on any atom is 0.0750 e. The van der Waals surface area contributed by atoms with E-state index in [4.69, 9.17) is 4.74 Å². The Balaban J connectivity index is 1.97. The van der Waals surface area contributed by atoms with Crippen LogP contribution < -0.4 is 0 Å². The third-order valence-corrected chi connectivity index (χ3v) is 3.37. The summed E-state index contributed by atoms with van der Waals surface area (Å²) in [7, 11) is 0. The maximum absolute atomic E-state index is 9.69. The van der Waals surface area contributed by atoms with Gasteiger partial charge in [0.05, 0.1) is 17.8 Å². The van der Waals surface area contributed by atoms with Crippen molar-refractivity contribution in [1.82, 2.24) is 4.90 Å². The molecule has 0 aliphatic carbocycles. The normalized spacial score (nSPS) is 38.0. The molecule has 0 aromatic rings. The summed E-state index contributed by atoms with van der Waals surface area (Å²) < 4.78 is 6.06. The van der Waals surface area contributed by atoms with Gasteiger partial charge in [0.15, 0.2) is 0 Å². The molecule has 3 heteroatoms. The van der Waals surface area contributed by atoms with Crippen molar-refractivity contribution in [3.8, 4) is 0 Å². The van der Waals surface area contributed by atoms with E-state index in [2.05, 4.69) is 25.7 Å². The predicted molar refractivity (Wildman–Crippen MR) is 59.8 cm³/mol. The van der Waals surface area contributed by atoms with E-state index < -0.39 is 0 Å². The van der Waals surface area contributed by atoms with Crippen molar-refractivity contribution in [2.75, 3.05) is 13.1 Å². The Kier molecular flexibility index (Phi) is 3.06. The molecule has 0 spiro atoms. The summed E-state index contributed by atoms with van der Waals surface area (Å²) in [5, 5.41) is 9.69. The van der Waals surface area contributed by atoms with Gasteiger partial charge in [0.1, 0.15) is 0 Å². The van der Waals surface area contributed by atoms with Crippen molar-refractivity contribution >= 4 is 0 Å². The van der Waals surface area contributed by atoms with Gasteiger partial charge in [-0.15, -0.1) is 0 Å². The van der Waals surface area contributed by atoms with Crippen molar-refractivity contribution in [1.29, 1.82) is 0 Å². The fourth-order valence-electron chi connectivity index (χ4n) is 2.77. The van der Waals surface area contributed by atoms with Crippen molar-refractivity contribution in [3.05, 3.63) is 0 Å². The third kappa shape index (κ3) is 2.71. The van der Waals surface area contributed by atoms with Crippen LogP contribution in [0, 0.1) is 0 Å². The van der Waals surface area contributed by atoms with Crippen LogP contribution >= 0.6 is 0 Å². The molecule has 0 aromatic heterocycles. The predicted octanol–water partition coefficient (Wildman–Crippen LogP) is 1.40. The number of aliphatic hydroxyl groups is 1. The van der Waals surface area contributed by atoms with Gasteiger partial charge in [-0.2, -0.15) is 0 Å². The number of rotatable bonds is 1. The van der Waals surface area contributed by atoms with E-state index in [1.807, 2.05) is 0 Å². The molecule has 15 heavy (non-hydrogen) atoms. The lowest BCUT2D eigenvalue weighted by Gasteiger charge is -2.37. The van der Waals surface area contributed by atoms with Gasteiger partial charge in [0.2, 0.25) is 0 Å². The topological polar surface area (TPSA) is 32.7 Å². The fraction of sp³-hybridized carbons (Fsp3) is 1.00. The highest BCUT2D eigenvalue weighted by Gasteiger charge is 2.40. The van der Waals surface area contributed by atoms with E-state index in [0.29, 0.717) is 12.1 Å². The average molecular weight is 213 g/mol. The molecule has 0 saturated carbocycles. The van der Waals surface area contributed by atoms with E-state index in [1.54, 1.807) is 0 Å². The zero-order valence-corrected chi connectivity index (χ0v) is 10.1. The molecule has 0 bridgehead atoms. The second kappa shape index (κ2) is 4.04.